The SMILES string of the molecule is Cc1ccc(N2CCN(S(=O)(=O)c3ccc(F)cc3)CC2)cc1. The van der Waals surface area contributed by atoms with Crippen molar-refractivity contribution in [2.45, 2.75) is 11.8 Å². The van der Waals surface area contributed by atoms with Crippen molar-refractivity contribution < 1.29 is 12.8 Å². The molecule has 0 radical (unpaired) electrons. The van der Waals surface area contributed by atoms with Gasteiger partial charge in [-0.1, -0.05) is 17.7 Å². The Bertz CT molecular complexity index is 765. The second-order valence-electron chi connectivity index (χ2n) is 5.68. The van der Waals surface area contributed by atoms with E-state index in [0.29, 0.717) is 26.2 Å². The van der Waals surface area contributed by atoms with E-state index in [9.17, 15) is 12.8 Å². The Morgan fingerprint density at radius 1 is 0.870 bits per heavy atom. The highest BCUT2D eigenvalue weighted by Gasteiger charge is 2.28. The third kappa shape index (κ3) is 3.38. The summed E-state index contributed by atoms with van der Waals surface area (Å²) in [7, 11) is -3.55. The number of hydrogen-bond acceptors (Lipinski definition) is 3. The summed E-state index contributed by atoms with van der Waals surface area (Å²) in [6, 6.07) is 13.2. The minimum Gasteiger partial charge on any atom is -0.369 e. The number of hydrogen-bond donors (Lipinski definition) is 0. The fourth-order valence-corrected chi connectivity index (χ4v) is 4.12. The zero-order chi connectivity index (χ0) is 16.4. The summed E-state index contributed by atoms with van der Waals surface area (Å²) < 4.78 is 39.6. The molecule has 0 N–H and O–H groups in total. The van der Waals surface area contributed by atoms with Crippen molar-refractivity contribution in [1.29, 1.82) is 0 Å². The maximum absolute atomic E-state index is 13.0. The largest absolute Gasteiger partial charge is 0.369 e. The molecule has 0 amide bonds. The number of benzene rings is 2. The van der Waals surface area contributed by atoms with Gasteiger partial charge in [0.2, 0.25) is 10.0 Å². The Morgan fingerprint density at radius 3 is 2.00 bits per heavy atom. The molecular formula is C17H19FN2O2S. The maximum Gasteiger partial charge on any atom is 0.243 e. The average molecular weight is 334 g/mol. The molecule has 6 heteroatoms. The van der Waals surface area contributed by atoms with E-state index in [1.54, 1.807) is 0 Å². The summed E-state index contributed by atoms with van der Waals surface area (Å²) in [5.41, 5.74) is 2.31. The lowest BCUT2D eigenvalue weighted by Gasteiger charge is -2.35. The quantitative estimate of drug-likeness (QED) is 0.866. The highest BCUT2D eigenvalue weighted by molar-refractivity contribution is 7.89. The van der Waals surface area contributed by atoms with Gasteiger partial charge in [0, 0.05) is 31.9 Å². The average Bonchev–Trinajstić information content (AvgIpc) is 2.56. The van der Waals surface area contributed by atoms with Gasteiger partial charge in [-0.3, -0.25) is 0 Å². The minimum absolute atomic E-state index is 0.141. The summed E-state index contributed by atoms with van der Waals surface area (Å²) >= 11 is 0. The van der Waals surface area contributed by atoms with Crippen LogP contribution in [0.25, 0.3) is 0 Å². The Labute approximate surface area is 136 Å². The molecule has 4 nitrogen and oxygen atoms in total. The van der Waals surface area contributed by atoms with Crippen LogP contribution in [0.5, 0.6) is 0 Å². The van der Waals surface area contributed by atoms with Crippen molar-refractivity contribution in [3.8, 4) is 0 Å². The minimum atomic E-state index is -3.55. The Morgan fingerprint density at radius 2 is 1.43 bits per heavy atom. The molecule has 1 aliphatic heterocycles. The van der Waals surface area contributed by atoms with Gasteiger partial charge in [-0.2, -0.15) is 4.31 Å². The first kappa shape index (κ1) is 16.0. The number of piperazine rings is 1. The van der Waals surface area contributed by atoms with Gasteiger partial charge in [-0.15, -0.1) is 0 Å². The summed E-state index contributed by atoms with van der Waals surface area (Å²) in [5, 5.41) is 0. The van der Waals surface area contributed by atoms with Crippen LogP contribution in [-0.2, 0) is 10.0 Å². The van der Waals surface area contributed by atoms with Crippen LogP contribution in [0, 0.1) is 12.7 Å². The van der Waals surface area contributed by atoms with Gasteiger partial charge in [0.15, 0.2) is 0 Å². The fraction of sp³-hybridized carbons (Fsp3) is 0.294. The van der Waals surface area contributed by atoms with Gasteiger partial charge >= 0.3 is 0 Å². The molecule has 23 heavy (non-hydrogen) atoms. The van der Waals surface area contributed by atoms with E-state index in [1.807, 2.05) is 6.92 Å². The van der Waals surface area contributed by atoms with E-state index in [1.165, 1.54) is 34.1 Å². The van der Waals surface area contributed by atoms with Gasteiger partial charge in [0.25, 0.3) is 0 Å². The molecule has 0 unspecified atom stereocenters. The zero-order valence-corrected chi connectivity index (χ0v) is 13.8. The number of sulfonamides is 1. The fourth-order valence-electron chi connectivity index (χ4n) is 2.70. The molecule has 0 aliphatic carbocycles. The topological polar surface area (TPSA) is 40.6 Å². The van der Waals surface area contributed by atoms with Crippen LogP contribution in [0.3, 0.4) is 0 Å². The third-order valence-electron chi connectivity index (χ3n) is 4.09. The van der Waals surface area contributed by atoms with Crippen LogP contribution in [0.4, 0.5) is 10.1 Å². The van der Waals surface area contributed by atoms with E-state index in [0.717, 1.165) is 5.69 Å². The number of aryl methyl sites for hydroxylation is 1. The molecule has 1 heterocycles. The molecule has 1 saturated heterocycles. The second kappa shape index (κ2) is 6.29. The molecule has 0 bridgehead atoms. The molecule has 0 aromatic heterocycles. The molecule has 1 aliphatic rings. The van der Waals surface area contributed by atoms with E-state index in [4.69, 9.17) is 0 Å². The van der Waals surface area contributed by atoms with Crippen molar-refractivity contribution in [2.75, 3.05) is 31.1 Å². The highest BCUT2D eigenvalue weighted by atomic mass is 32.2. The zero-order valence-electron chi connectivity index (χ0n) is 12.9. The van der Waals surface area contributed by atoms with Crippen molar-refractivity contribution in [3.05, 3.63) is 59.9 Å². The van der Waals surface area contributed by atoms with Crippen molar-refractivity contribution >= 4 is 15.7 Å². The molecular weight excluding hydrogens is 315 g/mol. The molecule has 0 spiro atoms. The van der Waals surface area contributed by atoms with Crippen LogP contribution in [0.1, 0.15) is 5.56 Å². The van der Waals surface area contributed by atoms with Gasteiger partial charge in [0.05, 0.1) is 4.90 Å². The van der Waals surface area contributed by atoms with Gasteiger partial charge in [0.1, 0.15) is 5.82 Å². The standard InChI is InChI=1S/C17H19FN2O2S/c1-14-2-6-16(7-3-14)19-10-12-20(13-11-19)23(21,22)17-8-4-15(18)5-9-17/h2-9H,10-13H2,1H3. The monoisotopic (exact) mass is 334 g/mol. The van der Waals surface area contributed by atoms with E-state index in [2.05, 4.69) is 29.2 Å². The second-order valence-corrected chi connectivity index (χ2v) is 7.62. The molecule has 0 atom stereocenters. The summed E-state index contributed by atoms with van der Waals surface area (Å²) in [6.45, 7) is 4.17. The van der Waals surface area contributed by atoms with Crippen LogP contribution in [0.15, 0.2) is 53.4 Å². The van der Waals surface area contributed by atoms with Crippen LogP contribution in [0.2, 0.25) is 0 Å². The first-order valence-electron chi connectivity index (χ1n) is 7.54. The van der Waals surface area contributed by atoms with Gasteiger partial charge in [-0.05, 0) is 43.3 Å². The van der Waals surface area contributed by atoms with Crippen molar-refractivity contribution in [2.24, 2.45) is 0 Å². The summed E-state index contributed by atoms with van der Waals surface area (Å²) in [5.74, 6) is -0.437. The van der Waals surface area contributed by atoms with Crippen LogP contribution < -0.4 is 4.90 Å². The predicted molar refractivity (Wildman–Crippen MR) is 88.6 cm³/mol. The first-order chi connectivity index (χ1) is 11.0. The predicted octanol–water partition coefficient (Wildman–Crippen LogP) is 2.65. The Kier molecular flexibility index (Phi) is 4.37. The third-order valence-corrected chi connectivity index (χ3v) is 6.00. The summed E-state index contributed by atoms with van der Waals surface area (Å²) in [4.78, 5) is 2.32. The number of rotatable bonds is 3. The Hall–Kier alpha value is -1.92. The van der Waals surface area contributed by atoms with Crippen LogP contribution >= 0.6 is 0 Å². The van der Waals surface area contributed by atoms with Gasteiger partial charge < -0.3 is 4.90 Å². The number of anilines is 1. The van der Waals surface area contributed by atoms with Crippen molar-refractivity contribution in [1.82, 2.24) is 4.31 Å². The normalized spacial score (nSPS) is 16.5. The van der Waals surface area contributed by atoms with E-state index < -0.39 is 15.8 Å². The van der Waals surface area contributed by atoms with Crippen LogP contribution in [-0.4, -0.2) is 38.9 Å². The van der Waals surface area contributed by atoms with Gasteiger partial charge in [-0.25, -0.2) is 12.8 Å². The molecule has 1 fully saturated rings. The first-order valence-corrected chi connectivity index (χ1v) is 8.98. The maximum atomic E-state index is 13.0. The van der Waals surface area contributed by atoms with E-state index in [-0.39, 0.29) is 4.90 Å². The molecule has 0 saturated carbocycles. The Balaban J connectivity index is 1.70. The highest BCUT2D eigenvalue weighted by Crippen LogP contribution is 2.21. The van der Waals surface area contributed by atoms with E-state index >= 15 is 0 Å². The number of halogens is 1. The molecule has 2 aromatic carbocycles. The smallest absolute Gasteiger partial charge is 0.243 e. The van der Waals surface area contributed by atoms with Crippen molar-refractivity contribution in [3.63, 3.8) is 0 Å². The number of nitrogens with zero attached hydrogens (tertiary/aromatic N) is 2. The molecule has 3 rings (SSSR count). The molecule has 2 aromatic rings. The summed E-state index contributed by atoms with van der Waals surface area (Å²) in [6.07, 6.45) is 0. The lowest BCUT2D eigenvalue weighted by molar-refractivity contribution is 0.385. The lowest BCUT2D eigenvalue weighted by atomic mass is 10.2. The lowest BCUT2D eigenvalue weighted by Crippen LogP contribution is -2.48. The molecule has 122 valence electrons.